The normalized spacial score (nSPS) is 25.0. The first-order valence-electron chi connectivity index (χ1n) is 7.58. The molecule has 4 rings (SSSR count). The Morgan fingerprint density at radius 1 is 1.26 bits per heavy atom. The van der Waals surface area contributed by atoms with Crippen molar-refractivity contribution in [2.75, 3.05) is 12.3 Å². The molecular weight excluding hydrogens is 314 g/mol. The fourth-order valence-corrected chi connectivity index (χ4v) is 5.54. The number of hydrogen-bond acceptors (Lipinski definition) is 4. The minimum atomic E-state index is -3.00. The molecule has 2 aliphatic rings. The number of fused-ring (bicyclic) bond motifs is 2. The number of amides is 1. The third-order valence-corrected chi connectivity index (χ3v) is 6.94. The Kier molecular flexibility index (Phi) is 3.09. The summed E-state index contributed by atoms with van der Waals surface area (Å²) in [6.45, 7) is 0.303. The largest absolute Gasteiger partial charge is 0.332 e. The molecule has 7 heteroatoms. The number of benzene rings is 1. The molecule has 23 heavy (non-hydrogen) atoms. The fraction of sp³-hybridized carbons (Fsp3) is 0.375. The van der Waals surface area contributed by atoms with Gasteiger partial charge >= 0.3 is 0 Å². The minimum absolute atomic E-state index is 0.0901. The van der Waals surface area contributed by atoms with E-state index in [1.54, 1.807) is 22.7 Å². The van der Waals surface area contributed by atoms with Crippen LogP contribution in [-0.2, 0) is 16.9 Å². The van der Waals surface area contributed by atoms with Crippen LogP contribution in [0.2, 0.25) is 0 Å². The van der Waals surface area contributed by atoms with Crippen molar-refractivity contribution in [2.24, 2.45) is 7.05 Å². The Morgan fingerprint density at radius 3 is 2.61 bits per heavy atom. The van der Waals surface area contributed by atoms with E-state index in [4.69, 9.17) is 0 Å². The van der Waals surface area contributed by atoms with Gasteiger partial charge < -0.3 is 4.90 Å². The lowest BCUT2D eigenvalue weighted by atomic mass is 10.1. The van der Waals surface area contributed by atoms with Crippen molar-refractivity contribution in [2.45, 2.75) is 17.7 Å². The molecule has 2 fully saturated rings. The van der Waals surface area contributed by atoms with Gasteiger partial charge in [0.05, 0.1) is 16.7 Å². The summed E-state index contributed by atoms with van der Waals surface area (Å²) in [7, 11) is -1.26. The summed E-state index contributed by atoms with van der Waals surface area (Å²) in [5.41, 5.74) is 2.19. The predicted molar refractivity (Wildman–Crippen MR) is 85.7 cm³/mol. The molecule has 1 aromatic heterocycles. The number of aromatic nitrogens is 2. The molecule has 120 valence electrons. The quantitative estimate of drug-likeness (QED) is 0.826. The summed E-state index contributed by atoms with van der Waals surface area (Å²) < 4.78 is 25.2. The Bertz CT molecular complexity index is 873. The molecule has 0 saturated carbocycles. The Labute approximate surface area is 134 Å². The maximum Gasteiger partial charge on any atom is 0.272 e. The van der Waals surface area contributed by atoms with Gasteiger partial charge in [0, 0.05) is 25.2 Å². The van der Waals surface area contributed by atoms with Gasteiger partial charge in [-0.2, -0.15) is 5.10 Å². The second-order valence-electron chi connectivity index (χ2n) is 6.20. The number of nitrogens with zero attached hydrogens (tertiary/aromatic N) is 3. The molecule has 0 radical (unpaired) electrons. The molecule has 1 amide bonds. The smallest absolute Gasteiger partial charge is 0.272 e. The molecular formula is C16H17N3O3S. The topological polar surface area (TPSA) is 72.3 Å². The molecule has 2 unspecified atom stereocenters. The highest BCUT2D eigenvalue weighted by molar-refractivity contribution is 7.92. The van der Waals surface area contributed by atoms with E-state index in [0.29, 0.717) is 18.7 Å². The summed E-state index contributed by atoms with van der Waals surface area (Å²) in [4.78, 5) is 14.5. The summed E-state index contributed by atoms with van der Waals surface area (Å²) in [5, 5.41) is 4.02. The van der Waals surface area contributed by atoms with Crippen LogP contribution in [-0.4, -0.2) is 52.6 Å². The van der Waals surface area contributed by atoms with Gasteiger partial charge in [-0.25, -0.2) is 8.42 Å². The maximum atomic E-state index is 12.8. The highest BCUT2D eigenvalue weighted by atomic mass is 32.2. The van der Waals surface area contributed by atoms with Crippen molar-refractivity contribution in [3.8, 4) is 11.3 Å². The zero-order valence-corrected chi connectivity index (χ0v) is 13.5. The van der Waals surface area contributed by atoms with Gasteiger partial charge in [0.2, 0.25) is 0 Å². The lowest BCUT2D eigenvalue weighted by Gasteiger charge is -2.26. The van der Waals surface area contributed by atoms with Gasteiger partial charge in [0.25, 0.3) is 5.91 Å². The summed E-state index contributed by atoms with van der Waals surface area (Å²) in [6.07, 6.45) is 0.567. The van der Waals surface area contributed by atoms with Crippen molar-refractivity contribution in [1.29, 1.82) is 0 Å². The van der Waals surface area contributed by atoms with Crippen LogP contribution in [0.4, 0.5) is 0 Å². The molecule has 3 heterocycles. The highest BCUT2D eigenvalue weighted by Gasteiger charge is 2.50. The van der Waals surface area contributed by atoms with Crippen molar-refractivity contribution < 1.29 is 13.2 Å². The van der Waals surface area contributed by atoms with Crippen LogP contribution >= 0.6 is 0 Å². The van der Waals surface area contributed by atoms with E-state index in [2.05, 4.69) is 5.10 Å². The van der Waals surface area contributed by atoms with Crippen molar-refractivity contribution in [3.63, 3.8) is 0 Å². The SMILES string of the molecule is Cn1nc(-c2ccccc2)cc1C(=O)N1CC2CC1CS2(=O)=O. The first-order valence-corrected chi connectivity index (χ1v) is 9.29. The van der Waals surface area contributed by atoms with E-state index in [1.165, 1.54) is 0 Å². The Hall–Kier alpha value is -2.15. The number of rotatable bonds is 2. The molecule has 2 saturated heterocycles. The van der Waals surface area contributed by atoms with Crippen molar-refractivity contribution in [3.05, 3.63) is 42.1 Å². The molecule has 2 atom stereocenters. The van der Waals surface area contributed by atoms with Crippen molar-refractivity contribution in [1.82, 2.24) is 14.7 Å². The average molecular weight is 331 g/mol. The Balaban J connectivity index is 1.62. The van der Waals surface area contributed by atoms with Gasteiger partial charge in [0.1, 0.15) is 5.69 Å². The number of sulfone groups is 1. The number of carbonyl (C=O) groups excluding carboxylic acids is 1. The highest BCUT2D eigenvalue weighted by Crippen LogP contribution is 2.34. The van der Waals surface area contributed by atoms with Crippen LogP contribution < -0.4 is 0 Å². The second kappa shape index (κ2) is 4.92. The summed E-state index contributed by atoms with van der Waals surface area (Å²) in [6, 6.07) is 11.3. The van der Waals surface area contributed by atoms with Crippen LogP contribution in [0, 0.1) is 0 Å². The minimum Gasteiger partial charge on any atom is -0.332 e. The maximum absolute atomic E-state index is 12.8. The summed E-state index contributed by atoms with van der Waals surface area (Å²) in [5.74, 6) is -0.0446. The molecule has 2 aliphatic heterocycles. The molecule has 2 aromatic rings. The van der Waals surface area contributed by atoms with E-state index in [9.17, 15) is 13.2 Å². The lowest BCUT2D eigenvalue weighted by Crippen LogP contribution is -2.44. The van der Waals surface area contributed by atoms with E-state index in [1.807, 2.05) is 30.3 Å². The Morgan fingerprint density at radius 2 is 2.00 bits per heavy atom. The van der Waals surface area contributed by atoms with Gasteiger partial charge in [-0.1, -0.05) is 30.3 Å². The zero-order chi connectivity index (χ0) is 16.2. The van der Waals surface area contributed by atoms with E-state index in [-0.39, 0.29) is 17.7 Å². The van der Waals surface area contributed by atoms with E-state index < -0.39 is 15.1 Å². The lowest BCUT2D eigenvalue weighted by molar-refractivity contribution is 0.0734. The summed E-state index contributed by atoms with van der Waals surface area (Å²) >= 11 is 0. The standard InChI is InChI=1S/C16H17N3O3S/c1-18-15(8-14(17-18)11-5-3-2-4-6-11)16(20)19-9-13-7-12(19)10-23(13,21)22/h2-6,8,12-13H,7,9-10H2,1H3. The first kappa shape index (κ1) is 14.4. The van der Waals surface area contributed by atoms with Gasteiger partial charge in [-0.3, -0.25) is 9.48 Å². The molecule has 0 spiro atoms. The monoisotopic (exact) mass is 331 g/mol. The van der Waals surface area contributed by atoms with Crippen LogP contribution in [0.15, 0.2) is 36.4 Å². The van der Waals surface area contributed by atoms with Crippen LogP contribution in [0.25, 0.3) is 11.3 Å². The molecule has 1 aromatic carbocycles. The molecule has 2 bridgehead atoms. The third kappa shape index (κ3) is 2.26. The first-order chi connectivity index (χ1) is 11.0. The van der Waals surface area contributed by atoms with Gasteiger partial charge in [0.15, 0.2) is 9.84 Å². The van der Waals surface area contributed by atoms with E-state index in [0.717, 1.165) is 11.3 Å². The van der Waals surface area contributed by atoms with E-state index >= 15 is 0 Å². The van der Waals surface area contributed by atoms with Crippen molar-refractivity contribution >= 4 is 15.7 Å². The third-order valence-electron chi connectivity index (χ3n) is 4.74. The average Bonchev–Trinajstić information content (AvgIpc) is 3.18. The number of aryl methyl sites for hydroxylation is 1. The number of carbonyl (C=O) groups is 1. The molecule has 6 nitrogen and oxygen atoms in total. The van der Waals surface area contributed by atoms with Gasteiger partial charge in [-0.05, 0) is 12.5 Å². The predicted octanol–water partition coefficient (Wildman–Crippen LogP) is 1.10. The molecule has 0 N–H and O–H groups in total. The second-order valence-corrected chi connectivity index (χ2v) is 8.53. The van der Waals surface area contributed by atoms with Crippen LogP contribution in [0.5, 0.6) is 0 Å². The number of likely N-dealkylation sites (tertiary alicyclic amines) is 1. The fourth-order valence-electron chi connectivity index (χ4n) is 3.51. The number of hydrogen-bond donors (Lipinski definition) is 0. The zero-order valence-electron chi connectivity index (χ0n) is 12.7. The van der Waals surface area contributed by atoms with Crippen LogP contribution in [0.3, 0.4) is 0 Å². The van der Waals surface area contributed by atoms with Gasteiger partial charge in [-0.15, -0.1) is 0 Å². The molecule has 0 aliphatic carbocycles. The van der Waals surface area contributed by atoms with Crippen LogP contribution in [0.1, 0.15) is 16.9 Å².